The molecule has 2 heteroatoms. The van der Waals surface area contributed by atoms with Gasteiger partial charge in [-0.05, 0) is 37.5 Å². The summed E-state index contributed by atoms with van der Waals surface area (Å²) in [5.74, 6) is 1.83. The molecule has 0 radical (unpaired) electrons. The molecule has 2 nitrogen and oxygen atoms in total. The Hall–Kier alpha value is -0.0800. The molecule has 0 bridgehead atoms. The van der Waals surface area contributed by atoms with Crippen LogP contribution in [-0.4, -0.2) is 24.8 Å². The first kappa shape index (κ1) is 12.9. The lowest BCUT2D eigenvalue weighted by atomic mass is 9.69. The Labute approximate surface area is 112 Å². The highest BCUT2D eigenvalue weighted by atomic mass is 16.5. The number of hydrogen-bond donors (Lipinski definition) is 1. The maximum atomic E-state index is 6.34. The van der Waals surface area contributed by atoms with Gasteiger partial charge in [0, 0.05) is 12.6 Å². The highest BCUT2D eigenvalue weighted by Gasteiger charge is 2.46. The Balaban J connectivity index is 1.71. The van der Waals surface area contributed by atoms with Gasteiger partial charge in [-0.15, -0.1) is 0 Å². The Morgan fingerprint density at radius 3 is 2.44 bits per heavy atom. The molecule has 104 valence electrons. The smallest absolute Gasteiger partial charge is 0.0838 e. The number of ether oxygens (including phenoxy) is 1. The number of morpholine rings is 1. The van der Waals surface area contributed by atoms with Crippen LogP contribution in [0.4, 0.5) is 0 Å². The fourth-order valence-electron chi connectivity index (χ4n) is 4.57. The molecule has 18 heavy (non-hydrogen) atoms. The molecule has 0 aromatic heterocycles. The number of nitrogens with one attached hydrogen (secondary N) is 1. The van der Waals surface area contributed by atoms with Crippen LogP contribution in [0.15, 0.2) is 0 Å². The highest BCUT2D eigenvalue weighted by molar-refractivity contribution is 5.01. The highest BCUT2D eigenvalue weighted by Crippen LogP contribution is 2.42. The van der Waals surface area contributed by atoms with Gasteiger partial charge in [-0.3, -0.25) is 0 Å². The first-order chi connectivity index (χ1) is 8.80. The van der Waals surface area contributed by atoms with Gasteiger partial charge in [0.2, 0.25) is 0 Å². The molecule has 1 saturated heterocycles. The van der Waals surface area contributed by atoms with Crippen molar-refractivity contribution in [1.82, 2.24) is 5.32 Å². The van der Waals surface area contributed by atoms with Crippen LogP contribution in [0.2, 0.25) is 0 Å². The van der Waals surface area contributed by atoms with Crippen LogP contribution in [0.1, 0.15) is 64.7 Å². The minimum absolute atomic E-state index is 0.210. The Morgan fingerprint density at radius 2 is 1.72 bits per heavy atom. The van der Waals surface area contributed by atoms with Crippen molar-refractivity contribution < 1.29 is 4.74 Å². The van der Waals surface area contributed by atoms with Gasteiger partial charge >= 0.3 is 0 Å². The fourth-order valence-corrected chi connectivity index (χ4v) is 4.57. The summed E-state index contributed by atoms with van der Waals surface area (Å²) in [4.78, 5) is 0. The van der Waals surface area contributed by atoms with Crippen LogP contribution in [0.3, 0.4) is 0 Å². The SMILES string of the molecule is CC1CCC(C2NCCOC23CCCCC3)CC1. The van der Waals surface area contributed by atoms with E-state index in [1.807, 2.05) is 0 Å². The van der Waals surface area contributed by atoms with E-state index in [0.717, 1.165) is 25.0 Å². The van der Waals surface area contributed by atoms with Crippen molar-refractivity contribution in [1.29, 1.82) is 0 Å². The van der Waals surface area contributed by atoms with E-state index in [4.69, 9.17) is 4.74 Å². The van der Waals surface area contributed by atoms with Crippen molar-refractivity contribution in [3.05, 3.63) is 0 Å². The third-order valence-electron chi connectivity index (χ3n) is 5.65. The molecule has 3 rings (SSSR count). The van der Waals surface area contributed by atoms with E-state index in [9.17, 15) is 0 Å². The maximum Gasteiger partial charge on any atom is 0.0838 e. The fraction of sp³-hybridized carbons (Fsp3) is 1.00. The lowest BCUT2D eigenvalue weighted by molar-refractivity contribution is -0.133. The van der Waals surface area contributed by atoms with Gasteiger partial charge in [0.05, 0.1) is 12.2 Å². The molecule has 2 aliphatic carbocycles. The van der Waals surface area contributed by atoms with Crippen LogP contribution in [-0.2, 0) is 4.74 Å². The second kappa shape index (κ2) is 5.50. The van der Waals surface area contributed by atoms with Crippen molar-refractivity contribution >= 4 is 0 Å². The third-order valence-corrected chi connectivity index (χ3v) is 5.65. The van der Waals surface area contributed by atoms with Crippen molar-refractivity contribution in [2.24, 2.45) is 11.8 Å². The predicted molar refractivity (Wildman–Crippen MR) is 74.7 cm³/mol. The van der Waals surface area contributed by atoms with Crippen molar-refractivity contribution in [3.63, 3.8) is 0 Å². The topological polar surface area (TPSA) is 21.3 Å². The Morgan fingerprint density at radius 1 is 1.00 bits per heavy atom. The van der Waals surface area contributed by atoms with Crippen LogP contribution in [0.5, 0.6) is 0 Å². The molecule has 1 spiro atoms. The standard InChI is InChI=1S/C16H29NO/c1-13-5-7-14(8-6-13)15-16(18-12-11-17-15)9-3-2-4-10-16/h13-15,17H,2-12H2,1H3. The van der Waals surface area contributed by atoms with E-state index in [1.54, 1.807) is 0 Å². The molecule has 3 aliphatic rings. The molecule has 1 unspecified atom stereocenters. The van der Waals surface area contributed by atoms with Gasteiger partial charge in [-0.2, -0.15) is 0 Å². The summed E-state index contributed by atoms with van der Waals surface area (Å²) in [5.41, 5.74) is 0.210. The Kier molecular flexibility index (Phi) is 3.95. The van der Waals surface area contributed by atoms with E-state index in [1.165, 1.54) is 57.8 Å². The second-order valence-electron chi connectivity index (χ2n) is 6.93. The van der Waals surface area contributed by atoms with E-state index < -0.39 is 0 Å². The monoisotopic (exact) mass is 251 g/mol. The lowest BCUT2D eigenvalue weighted by Gasteiger charge is -2.51. The summed E-state index contributed by atoms with van der Waals surface area (Å²) in [7, 11) is 0. The summed E-state index contributed by atoms with van der Waals surface area (Å²) in [6, 6.07) is 0.652. The summed E-state index contributed by atoms with van der Waals surface area (Å²) in [6.45, 7) is 4.41. The second-order valence-corrected chi connectivity index (χ2v) is 6.93. The van der Waals surface area contributed by atoms with Crippen LogP contribution >= 0.6 is 0 Å². The minimum Gasteiger partial charge on any atom is -0.372 e. The van der Waals surface area contributed by atoms with Gasteiger partial charge in [0.1, 0.15) is 0 Å². The van der Waals surface area contributed by atoms with Crippen LogP contribution in [0.25, 0.3) is 0 Å². The van der Waals surface area contributed by atoms with Gasteiger partial charge < -0.3 is 10.1 Å². The average molecular weight is 251 g/mol. The number of hydrogen-bond acceptors (Lipinski definition) is 2. The van der Waals surface area contributed by atoms with Gasteiger partial charge in [0.25, 0.3) is 0 Å². The predicted octanol–water partition coefficient (Wildman–Crippen LogP) is 3.50. The van der Waals surface area contributed by atoms with Crippen molar-refractivity contribution in [2.75, 3.05) is 13.2 Å². The first-order valence-electron chi connectivity index (χ1n) is 8.17. The molecule has 0 aromatic rings. The first-order valence-corrected chi connectivity index (χ1v) is 8.17. The average Bonchev–Trinajstić information content (AvgIpc) is 2.42. The molecule has 0 aromatic carbocycles. The zero-order valence-corrected chi connectivity index (χ0v) is 11.9. The van der Waals surface area contributed by atoms with Gasteiger partial charge in [-0.1, -0.05) is 39.0 Å². The van der Waals surface area contributed by atoms with E-state index in [2.05, 4.69) is 12.2 Å². The summed E-state index contributed by atoms with van der Waals surface area (Å²) < 4.78 is 6.34. The summed E-state index contributed by atoms with van der Waals surface area (Å²) >= 11 is 0. The molecule has 3 fully saturated rings. The summed E-state index contributed by atoms with van der Waals surface area (Å²) in [6.07, 6.45) is 12.5. The van der Waals surface area contributed by atoms with E-state index >= 15 is 0 Å². The normalized spacial score (nSPS) is 40.8. The summed E-state index contributed by atoms with van der Waals surface area (Å²) in [5, 5.41) is 3.84. The Bertz CT molecular complexity index is 256. The quantitative estimate of drug-likeness (QED) is 0.770. The van der Waals surface area contributed by atoms with Crippen LogP contribution in [0, 0.1) is 11.8 Å². The van der Waals surface area contributed by atoms with E-state index in [-0.39, 0.29) is 5.60 Å². The largest absolute Gasteiger partial charge is 0.372 e. The van der Waals surface area contributed by atoms with E-state index in [0.29, 0.717) is 6.04 Å². The molecule has 1 aliphatic heterocycles. The zero-order valence-electron chi connectivity index (χ0n) is 11.9. The molecular weight excluding hydrogens is 222 g/mol. The lowest BCUT2D eigenvalue weighted by Crippen LogP contribution is -2.62. The van der Waals surface area contributed by atoms with Crippen LogP contribution < -0.4 is 5.32 Å². The molecule has 1 heterocycles. The number of rotatable bonds is 1. The van der Waals surface area contributed by atoms with Crippen molar-refractivity contribution in [3.8, 4) is 0 Å². The molecule has 1 atom stereocenters. The molecular formula is C16H29NO. The van der Waals surface area contributed by atoms with Gasteiger partial charge in [-0.25, -0.2) is 0 Å². The van der Waals surface area contributed by atoms with Gasteiger partial charge in [0.15, 0.2) is 0 Å². The maximum absolute atomic E-state index is 6.34. The zero-order chi connectivity index (χ0) is 12.4. The third kappa shape index (κ3) is 2.46. The minimum atomic E-state index is 0.210. The van der Waals surface area contributed by atoms with Crippen molar-refractivity contribution in [2.45, 2.75) is 76.4 Å². The molecule has 1 N–H and O–H groups in total. The molecule has 0 amide bonds. The molecule has 2 saturated carbocycles.